The summed E-state index contributed by atoms with van der Waals surface area (Å²) >= 11 is 0. The van der Waals surface area contributed by atoms with Crippen LogP contribution in [0.3, 0.4) is 0 Å². The van der Waals surface area contributed by atoms with Crippen molar-refractivity contribution < 1.29 is 9.18 Å². The van der Waals surface area contributed by atoms with Crippen molar-refractivity contribution in [1.29, 1.82) is 5.26 Å². The van der Waals surface area contributed by atoms with E-state index in [1.54, 1.807) is 18.2 Å². The number of hydrogen-bond donors (Lipinski definition) is 0. The highest BCUT2D eigenvalue weighted by Gasteiger charge is 1.96. The molecule has 0 N–H and O–H groups in total. The number of carbonyl (C=O) groups excluding carboxylic acids is 1. The lowest BCUT2D eigenvalue weighted by atomic mass is 10.1. The molecule has 0 unspecified atom stereocenters. The number of aldehydes is 1. The molecule has 3 heteroatoms. The highest BCUT2D eigenvalue weighted by atomic mass is 19.1. The van der Waals surface area contributed by atoms with Crippen LogP contribution in [0.2, 0.25) is 0 Å². The van der Waals surface area contributed by atoms with Gasteiger partial charge < -0.3 is 4.79 Å². The molecule has 70 valence electrons. The molecule has 0 radical (unpaired) electrons. The average Bonchev–Trinajstić information content (AvgIpc) is 2.17. The van der Waals surface area contributed by atoms with E-state index in [0.717, 1.165) is 12.4 Å². The maximum absolute atomic E-state index is 12.9. The third kappa shape index (κ3) is 2.83. The van der Waals surface area contributed by atoms with Gasteiger partial charge in [-0.2, -0.15) is 5.26 Å². The van der Waals surface area contributed by atoms with Crippen molar-refractivity contribution >= 4 is 12.4 Å². The summed E-state index contributed by atoms with van der Waals surface area (Å²) in [5, 5.41) is 8.56. The van der Waals surface area contributed by atoms with E-state index < -0.39 is 5.82 Å². The van der Waals surface area contributed by atoms with Crippen LogP contribution in [0.25, 0.3) is 6.08 Å². The highest BCUT2D eigenvalue weighted by Crippen LogP contribution is 2.10. The Balaban J connectivity index is 2.93. The highest BCUT2D eigenvalue weighted by molar-refractivity contribution is 5.58. The van der Waals surface area contributed by atoms with Gasteiger partial charge in [-0.3, -0.25) is 0 Å². The van der Waals surface area contributed by atoms with Gasteiger partial charge >= 0.3 is 0 Å². The summed E-state index contributed by atoms with van der Waals surface area (Å²) < 4.78 is 12.9. The van der Waals surface area contributed by atoms with Gasteiger partial charge in [-0.15, -0.1) is 0 Å². The predicted molar refractivity (Wildman–Crippen MR) is 50.8 cm³/mol. The van der Waals surface area contributed by atoms with Gasteiger partial charge in [0.05, 0.1) is 11.6 Å². The summed E-state index contributed by atoms with van der Waals surface area (Å²) in [6.45, 7) is 0. The molecule has 0 spiro atoms. The average molecular weight is 189 g/mol. The molecule has 0 saturated heterocycles. The Hall–Kier alpha value is -1.95. The molecule has 0 bridgehead atoms. The molecule has 0 aliphatic carbocycles. The molecule has 0 amide bonds. The lowest BCUT2D eigenvalue weighted by Crippen LogP contribution is -1.82. The zero-order chi connectivity index (χ0) is 10.4. The molecular formula is C11H8FNO. The minimum absolute atomic E-state index is 0.274. The zero-order valence-corrected chi connectivity index (χ0v) is 7.40. The third-order valence-electron chi connectivity index (χ3n) is 1.59. The van der Waals surface area contributed by atoms with Gasteiger partial charge in [-0.1, -0.05) is 12.2 Å². The molecule has 0 fully saturated rings. The first-order valence-electron chi connectivity index (χ1n) is 4.07. The van der Waals surface area contributed by atoms with Crippen molar-refractivity contribution in [3.05, 3.63) is 41.2 Å². The Morgan fingerprint density at radius 1 is 1.43 bits per heavy atom. The second kappa shape index (κ2) is 4.93. The van der Waals surface area contributed by atoms with Crippen LogP contribution in [0.4, 0.5) is 4.39 Å². The molecule has 2 nitrogen and oxygen atoms in total. The standard InChI is InChI=1S/C11H8FNO/c12-11-6-9(3-1-2-4-14)5-10(7-11)8-13/h1,3-7H,2H2. The largest absolute Gasteiger partial charge is 0.303 e. The molecule has 0 heterocycles. The first-order valence-corrected chi connectivity index (χ1v) is 4.07. The van der Waals surface area contributed by atoms with Gasteiger partial charge in [0.25, 0.3) is 0 Å². The van der Waals surface area contributed by atoms with Crippen molar-refractivity contribution in [1.82, 2.24) is 0 Å². The van der Waals surface area contributed by atoms with Crippen LogP contribution in [0.1, 0.15) is 17.5 Å². The number of hydrogen-bond acceptors (Lipinski definition) is 2. The Kier molecular flexibility index (Phi) is 3.57. The van der Waals surface area contributed by atoms with Crippen molar-refractivity contribution in [3.8, 4) is 6.07 Å². The van der Waals surface area contributed by atoms with Crippen LogP contribution in [0.5, 0.6) is 0 Å². The molecule has 14 heavy (non-hydrogen) atoms. The fraction of sp³-hybridized carbons (Fsp3) is 0.0909. The van der Waals surface area contributed by atoms with E-state index in [2.05, 4.69) is 0 Å². The summed E-state index contributed by atoms with van der Waals surface area (Å²) in [7, 11) is 0. The maximum Gasteiger partial charge on any atom is 0.125 e. The summed E-state index contributed by atoms with van der Waals surface area (Å²) in [6, 6.07) is 5.89. The Bertz CT molecular complexity index is 404. The third-order valence-corrected chi connectivity index (χ3v) is 1.59. The van der Waals surface area contributed by atoms with E-state index in [9.17, 15) is 9.18 Å². The number of allylic oxidation sites excluding steroid dienone is 1. The summed E-state index contributed by atoms with van der Waals surface area (Å²) in [4.78, 5) is 10.0. The number of rotatable bonds is 3. The Morgan fingerprint density at radius 2 is 2.21 bits per heavy atom. The second-order valence-electron chi connectivity index (χ2n) is 2.69. The predicted octanol–water partition coefficient (Wildman–Crippen LogP) is 2.30. The van der Waals surface area contributed by atoms with Crippen molar-refractivity contribution in [2.75, 3.05) is 0 Å². The fourth-order valence-electron chi connectivity index (χ4n) is 1.03. The van der Waals surface area contributed by atoms with Crippen LogP contribution in [0, 0.1) is 17.1 Å². The van der Waals surface area contributed by atoms with E-state index in [0.29, 0.717) is 12.0 Å². The van der Waals surface area contributed by atoms with Gasteiger partial charge in [0.2, 0.25) is 0 Å². The van der Waals surface area contributed by atoms with E-state index in [-0.39, 0.29) is 5.56 Å². The molecule has 1 rings (SSSR count). The Morgan fingerprint density at radius 3 is 2.86 bits per heavy atom. The number of carbonyl (C=O) groups is 1. The van der Waals surface area contributed by atoms with Crippen LogP contribution >= 0.6 is 0 Å². The summed E-state index contributed by atoms with van der Waals surface area (Å²) in [5.74, 6) is -0.449. The van der Waals surface area contributed by atoms with E-state index >= 15 is 0 Å². The molecule has 0 atom stereocenters. The van der Waals surface area contributed by atoms with Crippen LogP contribution in [-0.2, 0) is 4.79 Å². The van der Waals surface area contributed by atoms with Crippen LogP contribution < -0.4 is 0 Å². The number of nitrogens with zero attached hydrogens (tertiary/aromatic N) is 1. The molecule has 0 aliphatic rings. The molecule has 1 aromatic carbocycles. The second-order valence-corrected chi connectivity index (χ2v) is 2.69. The number of nitriles is 1. The van der Waals surface area contributed by atoms with Gasteiger partial charge in [-0.25, -0.2) is 4.39 Å². The van der Waals surface area contributed by atoms with Crippen LogP contribution in [0.15, 0.2) is 24.3 Å². The summed E-state index contributed by atoms with van der Waals surface area (Å²) in [5.41, 5.74) is 0.860. The fourth-order valence-corrected chi connectivity index (χ4v) is 1.03. The van der Waals surface area contributed by atoms with E-state index in [4.69, 9.17) is 5.26 Å². The Labute approximate surface area is 81.3 Å². The summed E-state index contributed by atoms with van der Waals surface area (Å²) in [6.07, 6.45) is 4.26. The maximum atomic E-state index is 12.9. The molecule has 0 aromatic heterocycles. The van der Waals surface area contributed by atoms with E-state index in [1.807, 2.05) is 6.07 Å². The SMILES string of the molecule is N#Cc1cc(F)cc(C=CCC=O)c1. The zero-order valence-electron chi connectivity index (χ0n) is 7.40. The van der Waals surface area contributed by atoms with Gasteiger partial charge in [0, 0.05) is 6.42 Å². The lowest BCUT2D eigenvalue weighted by molar-refractivity contribution is -0.107. The molecular weight excluding hydrogens is 181 g/mol. The lowest BCUT2D eigenvalue weighted by Gasteiger charge is -1.95. The topological polar surface area (TPSA) is 40.9 Å². The van der Waals surface area contributed by atoms with Gasteiger partial charge in [-0.05, 0) is 23.8 Å². The first kappa shape index (κ1) is 10.1. The number of halogens is 1. The van der Waals surface area contributed by atoms with Crippen molar-refractivity contribution in [3.63, 3.8) is 0 Å². The first-order chi connectivity index (χ1) is 6.76. The molecule has 0 aliphatic heterocycles. The van der Waals surface area contributed by atoms with Gasteiger partial charge in [0.1, 0.15) is 12.1 Å². The van der Waals surface area contributed by atoms with Gasteiger partial charge in [0.15, 0.2) is 0 Å². The smallest absolute Gasteiger partial charge is 0.125 e. The van der Waals surface area contributed by atoms with Crippen molar-refractivity contribution in [2.24, 2.45) is 0 Å². The normalized spacial score (nSPS) is 10.0. The monoisotopic (exact) mass is 189 g/mol. The minimum atomic E-state index is -0.449. The number of benzene rings is 1. The quantitative estimate of drug-likeness (QED) is 0.684. The molecule has 1 aromatic rings. The van der Waals surface area contributed by atoms with Crippen molar-refractivity contribution in [2.45, 2.75) is 6.42 Å². The van der Waals surface area contributed by atoms with E-state index in [1.165, 1.54) is 6.07 Å². The van der Waals surface area contributed by atoms with Crippen LogP contribution in [-0.4, -0.2) is 6.29 Å². The minimum Gasteiger partial charge on any atom is -0.303 e. The molecule has 0 saturated carbocycles.